The normalized spacial score (nSPS) is 19.0. The summed E-state index contributed by atoms with van der Waals surface area (Å²) in [4.78, 5) is 11.3. The van der Waals surface area contributed by atoms with Gasteiger partial charge in [0.1, 0.15) is 11.3 Å². The van der Waals surface area contributed by atoms with E-state index in [1.165, 1.54) is 5.56 Å². The first kappa shape index (κ1) is 15.9. The lowest BCUT2D eigenvalue weighted by Crippen LogP contribution is -2.44. The summed E-state index contributed by atoms with van der Waals surface area (Å²) in [6.45, 7) is 4.84. The van der Waals surface area contributed by atoms with Gasteiger partial charge in [0, 0.05) is 32.0 Å². The van der Waals surface area contributed by atoms with Crippen LogP contribution < -0.4 is 5.32 Å². The van der Waals surface area contributed by atoms with E-state index in [-0.39, 0.29) is 18.4 Å². The summed E-state index contributed by atoms with van der Waals surface area (Å²) < 4.78 is 7.38. The number of piperazine rings is 1. The molecule has 1 aliphatic rings. The van der Waals surface area contributed by atoms with Gasteiger partial charge in [-0.05, 0) is 31.7 Å². The van der Waals surface area contributed by atoms with E-state index >= 15 is 0 Å². The molecule has 0 aliphatic carbocycles. The molecular formula is C15H19ClN6O. The number of aromatic nitrogens is 4. The molecule has 0 aromatic carbocycles. The van der Waals surface area contributed by atoms with Crippen LogP contribution in [0.4, 0.5) is 0 Å². The molecule has 0 saturated carbocycles. The molecule has 1 unspecified atom stereocenters. The molecule has 1 fully saturated rings. The van der Waals surface area contributed by atoms with Gasteiger partial charge in [0.05, 0.1) is 6.04 Å². The van der Waals surface area contributed by atoms with Gasteiger partial charge in [0.15, 0.2) is 5.82 Å². The average molecular weight is 335 g/mol. The fraction of sp³-hybridized carbons (Fsp3) is 0.400. The lowest BCUT2D eigenvalue weighted by molar-refractivity contribution is 0.190. The number of rotatable bonds is 2. The van der Waals surface area contributed by atoms with E-state index in [4.69, 9.17) is 4.52 Å². The number of nitrogens with zero attached hydrogens (tertiary/aromatic N) is 5. The van der Waals surface area contributed by atoms with Crippen molar-refractivity contribution in [2.24, 2.45) is 0 Å². The molecule has 8 heteroatoms. The predicted molar refractivity (Wildman–Crippen MR) is 88.7 cm³/mol. The minimum Gasteiger partial charge on any atom is -0.332 e. The molecule has 3 aromatic heterocycles. The largest absolute Gasteiger partial charge is 0.332 e. The Bertz CT molecular complexity index is 813. The van der Waals surface area contributed by atoms with Gasteiger partial charge in [-0.3, -0.25) is 4.90 Å². The first-order chi connectivity index (χ1) is 10.7. The third-order valence-electron chi connectivity index (χ3n) is 4.09. The summed E-state index contributed by atoms with van der Waals surface area (Å²) in [5.74, 6) is 1.17. The molecule has 0 amide bonds. The Balaban J connectivity index is 0.00000156. The second kappa shape index (κ2) is 6.27. The number of halogens is 1. The fourth-order valence-corrected chi connectivity index (χ4v) is 2.76. The molecule has 0 bridgehead atoms. The minimum absolute atomic E-state index is 0. The van der Waals surface area contributed by atoms with E-state index in [0.29, 0.717) is 17.4 Å². The van der Waals surface area contributed by atoms with E-state index < -0.39 is 0 Å². The van der Waals surface area contributed by atoms with E-state index in [1.807, 2.05) is 35.9 Å². The van der Waals surface area contributed by atoms with Gasteiger partial charge < -0.3 is 14.2 Å². The van der Waals surface area contributed by atoms with Gasteiger partial charge in [-0.25, -0.2) is 4.98 Å². The van der Waals surface area contributed by atoms with Crippen LogP contribution in [0.3, 0.4) is 0 Å². The highest BCUT2D eigenvalue weighted by molar-refractivity contribution is 5.85. The average Bonchev–Trinajstić information content (AvgIpc) is 3.13. The summed E-state index contributed by atoms with van der Waals surface area (Å²) in [5.41, 5.74) is 2.76. The Morgan fingerprint density at radius 2 is 2.22 bits per heavy atom. The van der Waals surface area contributed by atoms with Crippen LogP contribution in [0.15, 0.2) is 29.0 Å². The first-order valence-electron chi connectivity index (χ1n) is 7.41. The van der Waals surface area contributed by atoms with Crippen molar-refractivity contribution < 1.29 is 4.52 Å². The zero-order valence-corrected chi connectivity index (χ0v) is 13.9. The Morgan fingerprint density at radius 1 is 1.35 bits per heavy atom. The molecule has 7 nitrogen and oxygen atoms in total. The predicted octanol–water partition coefficient (Wildman–Crippen LogP) is 1.69. The highest BCUT2D eigenvalue weighted by atomic mass is 35.5. The fourth-order valence-electron chi connectivity index (χ4n) is 2.76. The number of likely N-dealkylation sites (N-methyl/N-ethyl adjacent to an activating group) is 1. The molecule has 23 heavy (non-hydrogen) atoms. The molecule has 3 aromatic rings. The maximum absolute atomic E-state index is 5.42. The zero-order chi connectivity index (χ0) is 15.1. The molecule has 1 N–H and O–H groups in total. The van der Waals surface area contributed by atoms with E-state index in [9.17, 15) is 0 Å². The summed E-state index contributed by atoms with van der Waals surface area (Å²) >= 11 is 0. The number of pyridine rings is 1. The van der Waals surface area contributed by atoms with Crippen LogP contribution in [0.5, 0.6) is 0 Å². The van der Waals surface area contributed by atoms with Gasteiger partial charge in [0.25, 0.3) is 5.89 Å². The van der Waals surface area contributed by atoms with Gasteiger partial charge in [-0.2, -0.15) is 4.98 Å². The number of nitrogens with one attached hydrogen (secondary N) is 1. The van der Waals surface area contributed by atoms with Crippen LogP contribution in [0.2, 0.25) is 0 Å². The van der Waals surface area contributed by atoms with Crippen LogP contribution in [-0.4, -0.2) is 51.1 Å². The van der Waals surface area contributed by atoms with Crippen LogP contribution in [-0.2, 0) is 0 Å². The summed E-state index contributed by atoms with van der Waals surface area (Å²) in [7, 11) is 2.08. The minimum atomic E-state index is 0. The lowest BCUT2D eigenvalue weighted by Gasteiger charge is -2.30. The van der Waals surface area contributed by atoms with Gasteiger partial charge in [-0.1, -0.05) is 5.16 Å². The lowest BCUT2D eigenvalue weighted by atomic mass is 10.2. The van der Waals surface area contributed by atoms with Gasteiger partial charge in [0.2, 0.25) is 0 Å². The van der Waals surface area contributed by atoms with Gasteiger partial charge in [-0.15, -0.1) is 12.4 Å². The molecule has 1 aliphatic heterocycles. The topological polar surface area (TPSA) is 71.5 Å². The second-order valence-corrected chi connectivity index (χ2v) is 5.75. The first-order valence-corrected chi connectivity index (χ1v) is 7.41. The third-order valence-corrected chi connectivity index (χ3v) is 4.09. The zero-order valence-electron chi connectivity index (χ0n) is 13.1. The molecule has 4 rings (SSSR count). The van der Waals surface area contributed by atoms with E-state index in [1.54, 1.807) is 0 Å². The standard InChI is InChI=1S/C15H18N6O.ClH/c1-10-3-5-21-9-11(17-13(21)7-10)15-18-14(19-22-15)12-8-16-4-6-20(12)2;/h3,5,7,9,12,16H,4,6,8H2,1-2H3;1H. The van der Waals surface area contributed by atoms with Crippen molar-refractivity contribution in [3.05, 3.63) is 35.9 Å². The van der Waals surface area contributed by atoms with Crippen molar-refractivity contribution in [1.82, 2.24) is 29.7 Å². The smallest absolute Gasteiger partial charge is 0.278 e. The monoisotopic (exact) mass is 334 g/mol. The molecule has 4 heterocycles. The van der Waals surface area contributed by atoms with E-state index in [2.05, 4.69) is 32.4 Å². The van der Waals surface area contributed by atoms with Crippen LogP contribution in [0.25, 0.3) is 17.2 Å². The molecule has 1 saturated heterocycles. The highest BCUT2D eigenvalue weighted by Gasteiger charge is 2.26. The molecule has 0 spiro atoms. The van der Waals surface area contributed by atoms with Crippen molar-refractivity contribution in [3.8, 4) is 11.6 Å². The number of fused-ring (bicyclic) bond motifs is 1. The van der Waals surface area contributed by atoms with Crippen LogP contribution in [0, 0.1) is 6.92 Å². The van der Waals surface area contributed by atoms with Gasteiger partial charge >= 0.3 is 0 Å². The maximum Gasteiger partial charge on any atom is 0.278 e. The molecular weight excluding hydrogens is 316 g/mol. The Morgan fingerprint density at radius 3 is 3.04 bits per heavy atom. The summed E-state index contributed by atoms with van der Waals surface area (Å²) in [6.07, 6.45) is 3.90. The SMILES string of the molecule is Cc1ccn2cc(-c3nc(C4CNCCN4C)no3)nc2c1.Cl. The van der Waals surface area contributed by atoms with Crippen LogP contribution >= 0.6 is 12.4 Å². The summed E-state index contributed by atoms with van der Waals surface area (Å²) in [5, 5.41) is 7.49. The Hall–Kier alpha value is -1.96. The highest BCUT2D eigenvalue weighted by Crippen LogP contribution is 2.22. The number of aryl methyl sites for hydroxylation is 1. The quantitative estimate of drug-likeness (QED) is 0.769. The van der Waals surface area contributed by atoms with Crippen molar-refractivity contribution in [2.45, 2.75) is 13.0 Å². The maximum atomic E-state index is 5.42. The van der Waals surface area contributed by atoms with Crippen LogP contribution in [0.1, 0.15) is 17.4 Å². The number of hydrogen-bond acceptors (Lipinski definition) is 6. The second-order valence-electron chi connectivity index (χ2n) is 5.75. The molecule has 1 atom stereocenters. The number of imidazole rings is 1. The Labute approximate surface area is 140 Å². The van der Waals surface area contributed by atoms with Crippen molar-refractivity contribution in [1.29, 1.82) is 0 Å². The molecule has 0 radical (unpaired) electrons. The van der Waals surface area contributed by atoms with Crippen molar-refractivity contribution in [2.75, 3.05) is 26.7 Å². The van der Waals surface area contributed by atoms with Crippen molar-refractivity contribution in [3.63, 3.8) is 0 Å². The van der Waals surface area contributed by atoms with E-state index in [0.717, 1.165) is 25.3 Å². The Kier molecular flexibility index (Phi) is 4.34. The summed E-state index contributed by atoms with van der Waals surface area (Å²) in [6, 6.07) is 4.21. The van der Waals surface area contributed by atoms with Crippen molar-refractivity contribution >= 4 is 18.1 Å². The number of hydrogen-bond donors (Lipinski definition) is 1. The third kappa shape index (κ3) is 2.95. The molecule has 122 valence electrons.